The van der Waals surface area contributed by atoms with Gasteiger partial charge in [0, 0.05) is 66.5 Å². The lowest BCUT2D eigenvalue weighted by Crippen LogP contribution is -2.54. The Labute approximate surface area is 157 Å². The predicted octanol–water partition coefficient (Wildman–Crippen LogP) is -0.241. The molecule has 2 heterocycles. The summed E-state index contributed by atoms with van der Waals surface area (Å²) in [6.07, 6.45) is 0.0704. The highest BCUT2D eigenvalue weighted by Crippen LogP contribution is 2.08. The molecule has 8 nitrogen and oxygen atoms in total. The van der Waals surface area contributed by atoms with Crippen molar-refractivity contribution in [3.8, 4) is 0 Å². The number of carbonyl (C=O) groups is 2. The van der Waals surface area contributed by atoms with E-state index in [0.29, 0.717) is 32.1 Å². The maximum Gasteiger partial charge on any atom is 0.319 e. The van der Waals surface area contributed by atoms with E-state index in [1.165, 1.54) is 0 Å². The van der Waals surface area contributed by atoms with Crippen LogP contribution >= 0.6 is 0 Å². The molecule has 0 radical (unpaired) electrons. The first-order chi connectivity index (χ1) is 12.3. The van der Waals surface area contributed by atoms with Crippen LogP contribution in [0.4, 0.5) is 4.79 Å². The van der Waals surface area contributed by atoms with Crippen LogP contribution in [0, 0.1) is 5.92 Å². The monoisotopic (exact) mass is 369 g/mol. The Kier molecular flexibility index (Phi) is 8.12. The van der Waals surface area contributed by atoms with Crippen LogP contribution in [0.2, 0.25) is 0 Å². The summed E-state index contributed by atoms with van der Waals surface area (Å²) in [7, 11) is 3.52. The number of amides is 3. The van der Waals surface area contributed by atoms with Gasteiger partial charge in [0.25, 0.3) is 0 Å². The molecule has 1 atom stereocenters. The molecule has 0 bridgehead atoms. The van der Waals surface area contributed by atoms with Crippen molar-refractivity contribution in [3.05, 3.63) is 0 Å². The molecule has 0 spiro atoms. The van der Waals surface area contributed by atoms with E-state index in [0.717, 1.165) is 39.3 Å². The Balaban J connectivity index is 1.64. The number of ether oxygens (including phenoxy) is 1. The van der Waals surface area contributed by atoms with Gasteiger partial charge in [-0.25, -0.2) is 4.79 Å². The van der Waals surface area contributed by atoms with E-state index in [-0.39, 0.29) is 18.0 Å². The molecule has 8 heteroatoms. The molecule has 2 fully saturated rings. The SMILES string of the molecule is CC(C)CN1CCOC(CNC(=O)CN2CCN(C(=O)N(C)C)CC2)C1. The van der Waals surface area contributed by atoms with Crippen LogP contribution in [0.25, 0.3) is 0 Å². The van der Waals surface area contributed by atoms with Crippen molar-refractivity contribution >= 4 is 11.9 Å². The molecule has 2 rings (SSSR count). The fraction of sp³-hybridized carbons (Fsp3) is 0.889. The fourth-order valence-corrected chi connectivity index (χ4v) is 3.45. The summed E-state index contributed by atoms with van der Waals surface area (Å²) < 4.78 is 5.77. The third kappa shape index (κ3) is 6.74. The molecular weight excluding hydrogens is 334 g/mol. The predicted molar refractivity (Wildman–Crippen MR) is 101 cm³/mol. The number of hydrogen-bond acceptors (Lipinski definition) is 5. The summed E-state index contributed by atoms with van der Waals surface area (Å²) in [6, 6.07) is 0.0366. The molecule has 3 amide bonds. The maximum absolute atomic E-state index is 12.2. The first kappa shape index (κ1) is 20.9. The number of hydrogen-bond donors (Lipinski definition) is 1. The molecule has 26 heavy (non-hydrogen) atoms. The number of rotatable bonds is 6. The lowest BCUT2D eigenvalue weighted by atomic mass is 10.2. The Morgan fingerprint density at radius 1 is 1.12 bits per heavy atom. The smallest absolute Gasteiger partial charge is 0.319 e. The molecule has 0 aromatic rings. The Hall–Kier alpha value is -1.38. The van der Waals surface area contributed by atoms with E-state index < -0.39 is 0 Å². The molecule has 0 aliphatic carbocycles. The van der Waals surface area contributed by atoms with Crippen molar-refractivity contribution in [2.24, 2.45) is 5.92 Å². The van der Waals surface area contributed by atoms with E-state index in [1.54, 1.807) is 19.0 Å². The molecule has 2 aliphatic heterocycles. The second kappa shape index (κ2) is 10.1. The number of nitrogens with zero attached hydrogens (tertiary/aromatic N) is 4. The molecule has 0 aromatic heterocycles. The van der Waals surface area contributed by atoms with Crippen molar-refractivity contribution in [1.82, 2.24) is 24.9 Å². The first-order valence-corrected chi connectivity index (χ1v) is 9.64. The minimum absolute atomic E-state index is 0.0296. The lowest BCUT2D eigenvalue weighted by molar-refractivity contribution is -0.123. The van der Waals surface area contributed by atoms with E-state index >= 15 is 0 Å². The van der Waals surface area contributed by atoms with Gasteiger partial charge in [-0.05, 0) is 5.92 Å². The highest BCUT2D eigenvalue weighted by atomic mass is 16.5. The maximum atomic E-state index is 12.2. The first-order valence-electron chi connectivity index (χ1n) is 9.64. The van der Waals surface area contributed by atoms with Gasteiger partial charge in [-0.1, -0.05) is 13.8 Å². The largest absolute Gasteiger partial charge is 0.374 e. The third-order valence-electron chi connectivity index (χ3n) is 4.77. The summed E-state index contributed by atoms with van der Waals surface area (Å²) in [5, 5.41) is 3.00. The zero-order chi connectivity index (χ0) is 19.1. The van der Waals surface area contributed by atoms with Gasteiger partial charge in [0.05, 0.1) is 19.3 Å². The minimum atomic E-state index is 0.0296. The van der Waals surface area contributed by atoms with Crippen molar-refractivity contribution in [3.63, 3.8) is 0 Å². The molecule has 1 N–H and O–H groups in total. The number of morpholine rings is 1. The van der Waals surface area contributed by atoms with Gasteiger partial charge in [-0.2, -0.15) is 0 Å². The van der Waals surface area contributed by atoms with Gasteiger partial charge in [-0.3, -0.25) is 14.6 Å². The average Bonchev–Trinajstić information content (AvgIpc) is 2.60. The zero-order valence-electron chi connectivity index (χ0n) is 16.7. The zero-order valence-corrected chi connectivity index (χ0v) is 16.7. The molecule has 1 unspecified atom stereocenters. The van der Waals surface area contributed by atoms with Crippen LogP contribution in [-0.4, -0.2) is 117 Å². The van der Waals surface area contributed by atoms with E-state index in [1.807, 2.05) is 4.90 Å². The quantitative estimate of drug-likeness (QED) is 0.700. The van der Waals surface area contributed by atoms with Gasteiger partial charge in [0.15, 0.2) is 0 Å². The van der Waals surface area contributed by atoms with E-state index in [2.05, 4.69) is 29.0 Å². The topological polar surface area (TPSA) is 68.4 Å². The third-order valence-corrected chi connectivity index (χ3v) is 4.77. The molecule has 2 aliphatic rings. The number of urea groups is 1. The number of carbonyl (C=O) groups excluding carboxylic acids is 2. The summed E-state index contributed by atoms with van der Waals surface area (Å²) >= 11 is 0. The lowest BCUT2D eigenvalue weighted by Gasteiger charge is -2.36. The van der Waals surface area contributed by atoms with Crippen LogP contribution < -0.4 is 5.32 Å². The summed E-state index contributed by atoms with van der Waals surface area (Å²) in [4.78, 5) is 32.1. The highest BCUT2D eigenvalue weighted by Gasteiger charge is 2.24. The number of piperazine rings is 1. The van der Waals surface area contributed by atoms with Crippen LogP contribution in [0.1, 0.15) is 13.8 Å². The summed E-state index contributed by atoms with van der Waals surface area (Å²) in [5.41, 5.74) is 0. The van der Waals surface area contributed by atoms with E-state index in [9.17, 15) is 9.59 Å². The van der Waals surface area contributed by atoms with Crippen LogP contribution in [-0.2, 0) is 9.53 Å². The standard InChI is InChI=1S/C18H35N5O3/c1-15(2)12-22-9-10-26-16(13-22)11-19-17(24)14-21-5-7-23(8-6-21)18(25)20(3)4/h15-16H,5-14H2,1-4H3,(H,19,24). The molecule has 2 saturated heterocycles. The fourth-order valence-electron chi connectivity index (χ4n) is 3.45. The molecule has 0 aromatic carbocycles. The molecule has 0 saturated carbocycles. The van der Waals surface area contributed by atoms with E-state index in [4.69, 9.17) is 4.74 Å². The number of nitrogens with one attached hydrogen (secondary N) is 1. The van der Waals surface area contributed by atoms with Crippen molar-refractivity contribution in [2.75, 3.05) is 79.6 Å². The normalized spacial score (nSPS) is 22.5. The average molecular weight is 370 g/mol. The van der Waals surface area contributed by atoms with Gasteiger partial charge in [0.1, 0.15) is 0 Å². The Morgan fingerprint density at radius 3 is 2.42 bits per heavy atom. The summed E-state index contributed by atoms with van der Waals surface area (Å²) in [6.45, 7) is 11.8. The molecular formula is C18H35N5O3. The van der Waals surface area contributed by atoms with Gasteiger partial charge in [-0.15, -0.1) is 0 Å². The van der Waals surface area contributed by atoms with Crippen molar-refractivity contribution in [1.29, 1.82) is 0 Å². The minimum Gasteiger partial charge on any atom is -0.374 e. The Morgan fingerprint density at radius 2 is 1.81 bits per heavy atom. The van der Waals surface area contributed by atoms with Crippen LogP contribution in [0.3, 0.4) is 0 Å². The highest BCUT2D eigenvalue weighted by molar-refractivity contribution is 5.78. The van der Waals surface area contributed by atoms with Crippen molar-refractivity contribution in [2.45, 2.75) is 20.0 Å². The Bertz CT molecular complexity index is 464. The van der Waals surface area contributed by atoms with Gasteiger partial charge in [0.2, 0.25) is 5.91 Å². The van der Waals surface area contributed by atoms with Crippen LogP contribution in [0.15, 0.2) is 0 Å². The molecule has 150 valence electrons. The second-order valence-corrected chi connectivity index (χ2v) is 7.89. The van der Waals surface area contributed by atoms with Gasteiger partial charge < -0.3 is 19.9 Å². The van der Waals surface area contributed by atoms with Gasteiger partial charge >= 0.3 is 6.03 Å². The second-order valence-electron chi connectivity index (χ2n) is 7.89. The van der Waals surface area contributed by atoms with Crippen LogP contribution in [0.5, 0.6) is 0 Å². The van der Waals surface area contributed by atoms with Crippen molar-refractivity contribution < 1.29 is 14.3 Å². The summed E-state index contributed by atoms with van der Waals surface area (Å²) in [5.74, 6) is 0.670.